The van der Waals surface area contributed by atoms with Crippen molar-refractivity contribution in [2.45, 2.75) is 26.7 Å². The van der Waals surface area contributed by atoms with E-state index in [1.807, 2.05) is 6.92 Å². The van der Waals surface area contributed by atoms with Gasteiger partial charge < -0.3 is 15.4 Å². The molecule has 0 bridgehead atoms. The summed E-state index contributed by atoms with van der Waals surface area (Å²) in [5.74, 6) is 1.84. The monoisotopic (exact) mass is 248 g/mol. The first-order chi connectivity index (χ1) is 8.79. The Kier molecular flexibility index (Phi) is 4.88. The van der Waals surface area contributed by atoms with E-state index in [4.69, 9.17) is 4.74 Å². The van der Waals surface area contributed by atoms with E-state index in [2.05, 4.69) is 35.8 Å². The van der Waals surface area contributed by atoms with Crippen LogP contribution in [0.25, 0.3) is 0 Å². The van der Waals surface area contributed by atoms with Gasteiger partial charge in [0.15, 0.2) is 0 Å². The van der Waals surface area contributed by atoms with Gasteiger partial charge in [-0.05, 0) is 69.5 Å². The van der Waals surface area contributed by atoms with E-state index >= 15 is 0 Å². The molecule has 1 aromatic carbocycles. The van der Waals surface area contributed by atoms with Gasteiger partial charge in [-0.3, -0.25) is 0 Å². The van der Waals surface area contributed by atoms with Crippen molar-refractivity contribution in [1.29, 1.82) is 0 Å². The number of anilines is 1. The van der Waals surface area contributed by atoms with E-state index in [0.717, 1.165) is 24.8 Å². The number of benzene rings is 1. The first kappa shape index (κ1) is 13.2. The minimum absolute atomic E-state index is 0.724. The Morgan fingerprint density at radius 3 is 3.00 bits per heavy atom. The fraction of sp³-hybridized carbons (Fsp3) is 0.600. The van der Waals surface area contributed by atoms with Gasteiger partial charge in [0, 0.05) is 12.2 Å². The quantitative estimate of drug-likeness (QED) is 0.812. The number of hydrogen-bond donors (Lipinski definition) is 2. The lowest BCUT2D eigenvalue weighted by Gasteiger charge is -2.12. The average Bonchev–Trinajstić information content (AvgIpc) is 2.86. The van der Waals surface area contributed by atoms with Crippen LogP contribution >= 0.6 is 0 Å². The third-order valence-corrected chi connectivity index (χ3v) is 3.52. The topological polar surface area (TPSA) is 33.3 Å². The number of aryl methyl sites for hydroxylation is 1. The molecule has 3 heteroatoms. The highest BCUT2D eigenvalue weighted by Gasteiger charge is 2.13. The lowest BCUT2D eigenvalue weighted by atomic mass is 10.1. The summed E-state index contributed by atoms with van der Waals surface area (Å²) < 4.78 is 5.54. The maximum absolute atomic E-state index is 5.54. The van der Waals surface area contributed by atoms with Gasteiger partial charge in [0.1, 0.15) is 5.75 Å². The molecule has 0 radical (unpaired) electrons. The molecule has 18 heavy (non-hydrogen) atoms. The van der Waals surface area contributed by atoms with Crippen LogP contribution in [0.5, 0.6) is 5.75 Å². The van der Waals surface area contributed by atoms with Crippen LogP contribution in [0, 0.1) is 12.8 Å². The molecule has 100 valence electrons. The van der Waals surface area contributed by atoms with Gasteiger partial charge in [-0.25, -0.2) is 0 Å². The fourth-order valence-corrected chi connectivity index (χ4v) is 2.46. The van der Waals surface area contributed by atoms with Gasteiger partial charge in [-0.15, -0.1) is 0 Å². The van der Waals surface area contributed by atoms with E-state index in [1.54, 1.807) is 0 Å². The van der Waals surface area contributed by atoms with Crippen LogP contribution in [0.2, 0.25) is 0 Å². The number of hydrogen-bond acceptors (Lipinski definition) is 3. The van der Waals surface area contributed by atoms with Crippen molar-refractivity contribution < 1.29 is 4.74 Å². The molecule has 1 heterocycles. The highest BCUT2D eigenvalue weighted by Crippen LogP contribution is 2.22. The van der Waals surface area contributed by atoms with E-state index in [1.165, 1.54) is 37.2 Å². The smallest absolute Gasteiger partial charge is 0.122 e. The Balaban J connectivity index is 1.80. The summed E-state index contributed by atoms with van der Waals surface area (Å²) >= 11 is 0. The molecular formula is C15H24N2O. The van der Waals surface area contributed by atoms with Crippen LogP contribution < -0.4 is 15.4 Å². The molecule has 1 aliphatic heterocycles. The highest BCUT2D eigenvalue weighted by molar-refractivity contribution is 5.50. The Hall–Kier alpha value is -1.22. The van der Waals surface area contributed by atoms with Crippen molar-refractivity contribution >= 4 is 5.69 Å². The third kappa shape index (κ3) is 3.64. The normalized spacial score (nSPS) is 18.9. The fourth-order valence-electron chi connectivity index (χ4n) is 2.46. The highest BCUT2D eigenvalue weighted by atomic mass is 16.5. The van der Waals surface area contributed by atoms with Crippen molar-refractivity contribution in [3.63, 3.8) is 0 Å². The zero-order valence-electron chi connectivity index (χ0n) is 11.5. The standard InChI is InChI=1S/C15H24N2O/c1-3-18-15-5-4-14(10-12(15)2)17-9-7-13-6-8-16-11-13/h4-5,10,13,16-17H,3,6-9,11H2,1-2H3. The largest absolute Gasteiger partial charge is 0.494 e. The van der Waals surface area contributed by atoms with Crippen LogP contribution in [0.3, 0.4) is 0 Å². The predicted octanol–water partition coefficient (Wildman–Crippen LogP) is 2.81. The molecular weight excluding hydrogens is 224 g/mol. The number of nitrogens with one attached hydrogen (secondary N) is 2. The van der Waals surface area contributed by atoms with Crippen molar-refractivity contribution in [1.82, 2.24) is 5.32 Å². The predicted molar refractivity (Wildman–Crippen MR) is 76.4 cm³/mol. The molecule has 1 atom stereocenters. The minimum atomic E-state index is 0.724. The van der Waals surface area contributed by atoms with E-state index < -0.39 is 0 Å². The summed E-state index contributed by atoms with van der Waals surface area (Å²) in [6.07, 6.45) is 2.57. The van der Waals surface area contributed by atoms with E-state index in [0.29, 0.717) is 0 Å². The Morgan fingerprint density at radius 2 is 2.33 bits per heavy atom. The van der Waals surface area contributed by atoms with Gasteiger partial charge in [0.2, 0.25) is 0 Å². The molecule has 0 aromatic heterocycles. The molecule has 2 rings (SSSR count). The van der Waals surface area contributed by atoms with E-state index in [-0.39, 0.29) is 0 Å². The van der Waals surface area contributed by atoms with Gasteiger partial charge in [0.25, 0.3) is 0 Å². The Labute approximate surface area is 110 Å². The summed E-state index contributed by atoms with van der Waals surface area (Å²) in [5.41, 5.74) is 2.39. The average molecular weight is 248 g/mol. The zero-order valence-corrected chi connectivity index (χ0v) is 11.5. The van der Waals surface area contributed by atoms with Crippen molar-refractivity contribution in [3.05, 3.63) is 23.8 Å². The Morgan fingerprint density at radius 1 is 1.44 bits per heavy atom. The zero-order chi connectivity index (χ0) is 12.8. The second kappa shape index (κ2) is 6.64. The van der Waals surface area contributed by atoms with Gasteiger partial charge in [-0.1, -0.05) is 0 Å². The minimum Gasteiger partial charge on any atom is -0.494 e. The molecule has 0 spiro atoms. The maximum Gasteiger partial charge on any atom is 0.122 e. The van der Waals surface area contributed by atoms with Crippen LogP contribution in [-0.2, 0) is 0 Å². The molecule has 0 saturated carbocycles. The van der Waals surface area contributed by atoms with Gasteiger partial charge in [-0.2, -0.15) is 0 Å². The third-order valence-electron chi connectivity index (χ3n) is 3.52. The second-order valence-corrected chi connectivity index (χ2v) is 4.99. The van der Waals surface area contributed by atoms with Crippen molar-refractivity contribution in [3.8, 4) is 5.75 Å². The first-order valence-electron chi connectivity index (χ1n) is 6.97. The molecule has 3 nitrogen and oxygen atoms in total. The summed E-state index contributed by atoms with van der Waals surface area (Å²) in [7, 11) is 0. The number of rotatable bonds is 6. The van der Waals surface area contributed by atoms with Crippen LogP contribution in [0.4, 0.5) is 5.69 Å². The molecule has 0 amide bonds. The van der Waals surface area contributed by atoms with Crippen LogP contribution in [0.15, 0.2) is 18.2 Å². The van der Waals surface area contributed by atoms with Crippen molar-refractivity contribution in [2.75, 3.05) is 31.6 Å². The summed E-state index contributed by atoms with van der Waals surface area (Å²) in [6.45, 7) is 8.26. The molecule has 1 aliphatic rings. The number of ether oxygens (including phenoxy) is 1. The Bertz CT molecular complexity index is 373. The lowest BCUT2D eigenvalue weighted by molar-refractivity contribution is 0.338. The van der Waals surface area contributed by atoms with E-state index in [9.17, 15) is 0 Å². The SMILES string of the molecule is CCOc1ccc(NCCC2CCNC2)cc1C. The molecule has 1 unspecified atom stereocenters. The molecule has 1 saturated heterocycles. The second-order valence-electron chi connectivity index (χ2n) is 4.99. The van der Waals surface area contributed by atoms with Gasteiger partial charge in [0.05, 0.1) is 6.61 Å². The van der Waals surface area contributed by atoms with Gasteiger partial charge >= 0.3 is 0 Å². The van der Waals surface area contributed by atoms with Crippen LogP contribution in [0.1, 0.15) is 25.3 Å². The summed E-state index contributed by atoms with van der Waals surface area (Å²) in [4.78, 5) is 0. The lowest BCUT2D eigenvalue weighted by Crippen LogP contribution is -2.12. The first-order valence-corrected chi connectivity index (χ1v) is 6.97. The molecule has 1 aromatic rings. The summed E-state index contributed by atoms with van der Waals surface area (Å²) in [6, 6.07) is 6.32. The van der Waals surface area contributed by atoms with Crippen molar-refractivity contribution in [2.24, 2.45) is 5.92 Å². The molecule has 2 N–H and O–H groups in total. The molecule has 1 fully saturated rings. The van der Waals surface area contributed by atoms with Crippen LogP contribution in [-0.4, -0.2) is 26.2 Å². The maximum atomic E-state index is 5.54. The summed E-state index contributed by atoms with van der Waals surface area (Å²) in [5, 5.41) is 6.91. The molecule has 0 aliphatic carbocycles.